The van der Waals surface area contributed by atoms with E-state index in [2.05, 4.69) is 49.1 Å². The second kappa shape index (κ2) is 6.02. The van der Waals surface area contributed by atoms with Gasteiger partial charge in [-0.05, 0) is 44.4 Å². The molecule has 0 atom stereocenters. The van der Waals surface area contributed by atoms with Gasteiger partial charge in [-0.25, -0.2) is 0 Å². The minimum Gasteiger partial charge on any atom is -0.289 e. The lowest BCUT2D eigenvalue weighted by Gasteiger charge is -2.28. The molecule has 0 N–H and O–H groups in total. The number of likely N-dealkylation sites (N-methyl/N-ethyl adjacent to an activating group) is 1. The standard InChI is InChI=1S/C16H24N2/c1-13(2)15-8-6-14(7-9-15)10-11-18(5)16(3,4)12-17/h6-9,13H,10-11H2,1-5H3. The molecular weight excluding hydrogens is 220 g/mol. The molecule has 0 aromatic heterocycles. The molecule has 1 aromatic carbocycles. The molecule has 0 aliphatic rings. The van der Waals surface area contributed by atoms with Crippen molar-refractivity contribution in [2.45, 2.75) is 45.6 Å². The number of rotatable bonds is 5. The first-order valence-corrected chi connectivity index (χ1v) is 6.58. The average molecular weight is 244 g/mol. The molecule has 0 aliphatic carbocycles. The molecule has 0 fully saturated rings. The zero-order valence-corrected chi connectivity index (χ0v) is 12.2. The van der Waals surface area contributed by atoms with Crippen LogP contribution in [0.2, 0.25) is 0 Å². The first-order chi connectivity index (χ1) is 8.36. The molecule has 98 valence electrons. The molecule has 0 saturated heterocycles. The first-order valence-electron chi connectivity index (χ1n) is 6.58. The lowest BCUT2D eigenvalue weighted by atomic mass is 10.00. The summed E-state index contributed by atoms with van der Waals surface area (Å²) in [5, 5.41) is 9.07. The Morgan fingerprint density at radius 2 is 1.78 bits per heavy atom. The monoisotopic (exact) mass is 244 g/mol. The van der Waals surface area contributed by atoms with E-state index in [9.17, 15) is 0 Å². The van der Waals surface area contributed by atoms with Crippen molar-refractivity contribution in [1.82, 2.24) is 4.90 Å². The summed E-state index contributed by atoms with van der Waals surface area (Å²) in [5.41, 5.74) is 2.32. The Bertz CT molecular complexity index is 410. The highest BCUT2D eigenvalue weighted by molar-refractivity contribution is 5.24. The van der Waals surface area contributed by atoms with Gasteiger partial charge in [0.05, 0.1) is 6.07 Å². The average Bonchev–Trinajstić information content (AvgIpc) is 2.36. The summed E-state index contributed by atoms with van der Waals surface area (Å²) in [5.74, 6) is 0.583. The highest BCUT2D eigenvalue weighted by atomic mass is 15.2. The molecule has 1 rings (SSSR count). The van der Waals surface area contributed by atoms with Crippen LogP contribution in [0.5, 0.6) is 0 Å². The van der Waals surface area contributed by atoms with Crippen molar-refractivity contribution < 1.29 is 0 Å². The summed E-state index contributed by atoms with van der Waals surface area (Å²) >= 11 is 0. The summed E-state index contributed by atoms with van der Waals surface area (Å²) in [4.78, 5) is 2.10. The zero-order chi connectivity index (χ0) is 13.8. The Labute approximate surface area is 111 Å². The van der Waals surface area contributed by atoms with E-state index in [4.69, 9.17) is 5.26 Å². The van der Waals surface area contributed by atoms with Crippen LogP contribution in [0.1, 0.15) is 44.7 Å². The van der Waals surface area contributed by atoms with E-state index >= 15 is 0 Å². The second-order valence-corrected chi connectivity index (χ2v) is 5.74. The summed E-state index contributed by atoms with van der Waals surface area (Å²) in [6.07, 6.45) is 0.986. The van der Waals surface area contributed by atoms with E-state index in [0.29, 0.717) is 5.92 Å². The fourth-order valence-corrected chi connectivity index (χ4v) is 1.73. The van der Waals surface area contributed by atoms with Crippen LogP contribution in [-0.4, -0.2) is 24.0 Å². The molecule has 0 bridgehead atoms. The highest BCUT2D eigenvalue weighted by Crippen LogP contribution is 2.16. The van der Waals surface area contributed by atoms with Gasteiger partial charge in [-0.2, -0.15) is 5.26 Å². The first kappa shape index (κ1) is 14.7. The number of nitrogens with zero attached hydrogens (tertiary/aromatic N) is 2. The van der Waals surface area contributed by atoms with Crippen LogP contribution in [-0.2, 0) is 6.42 Å². The van der Waals surface area contributed by atoms with Crippen LogP contribution in [0, 0.1) is 11.3 Å². The minimum atomic E-state index is -0.391. The van der Waals surface area contributed by atoms with Crippen molar-refractivity contribution in [3.05, 3.63) is 35.4 Å². The van der Waals surface area contributed by atoms with Gasteiger partial charge in [-0.15, -0.1) is 0 Å². The van der Waals surface area contributed by atoms with Crippen molar-refractivity contribution in [2.75, 3.05) is 13.6 Å². The summed E-state index contributed by atoms with van der Waals surface area (Å²) < 4.78 is 0. The Morgan fingerprint density at radius 3 is 2.22 bits per heavy atom. The van der Waals surface area contributed by atoms with Crippen LogP contribution in [0.25, 0.3) is 0 Å². The predicted octanol–water partition coefficient (Wildman–Crippen LogP) is 3.59. The molecule has 1 aromatic rings. The fraction of sp³-hybridized carbons (Fsp3) is 0.562. The SMILES string of the molecule is CC(C)c1ccc(CCN(C)C(C)(C)C#N)cc1. The summed E-state index contributed by atoms with van der Waals surface area (Å²) in [6.45, 7) is 9.22. The molecule has 0 saturated carbocycles. The largest absolute Gasteiger partial charge is 0.289 e. The molecular formula is C16H24N2. The lowest BCUT2D eigenvalue weighted by Crippen LogP contribution is -2.40. The maximum Gasteiger partial charge on any atom is 0.103 e. The third-order valence-electron chi connectivity index (χ3n) is 3.61. The quantitative estimate of drug-likeness (QED) is 0.791. The maximum absolute atomic E-state index is 9.07. The highest BCUT2D eigenvalue weighted by Gasteiger charge is 2.21. The summed E-state index contributed by atoms with van der Waals surface area (Å²) in [7, 11) is 2.01. The van der Waals surface area contributed by atoms with Crippen LogP contribution in [0.4, 0.5) is 0 Å². The van der Waals surface area contributed by atoms with E-state index in [1.807, 2.05) is 20.9 Å². The van der Waals surface area contributed by atoms with Crippen molar-refractivity contribution in [3.63, 3.8) is 0 Å². The number of hydrogen-bond acceptors (Lipinski definition) is 2. The van der Waals surface area contributed by atoms with Gasteiger partial charge in [0.2, 0.25) is 0 Å². The normalized spacial score (nSPS) is 11.9. The summed E-state index contributed by atoms with van der Waals surface area (Å²) in [6, 6.07) is 11.1. The van der Waals surface area contributed by atoms with Gasteiger partial charge in [0.25, 0.3) is 0 Å². The Kier molecular flexibility index (Phi) is 4.93. The van der Waals surface area contributed by atoms with Crippen molar-refractivity contribution in [1.29, 1.82) is 5.26 Å². The Morgan fingerprint density at radius 1 is 1.22 bits per heavy atom. The third-order valence-corrected chi connectivity index (χ3v) is 3.61. The van der Waals surface area contributed by atoms with Gasteiger partial charge >= 0.3 is 0 Å². The number of benzene rings is 1. The van der Waals surface area contributed by atoms with E-state index in [0.717, 1.165) is 13.0 Å². The smallest absolute Gasteiger partial charge is 0.103 e. The van der Waals surface area contributed by atoms with Gasteiger partial charge in [-0.1, -0.05) is 38.1 Å². The van der Waals surface area contributed by atoms with Gasteiger partial charge < -0.3 is 0 Å². The molecule has 0 heterocycles. The molecule has 0 amide bonds. The van der Waals surface area contributed by atoms with Crippen LogP contribution >= 0.6 is 0 Å². The minimum absolute atomic E-state index is 0.391. The van der Waals surface area contributed by atoms with E-state index in [1.165, 1.54) is 11.1 Å². The van der Waals surface area contributed by atoms with E-state index < -0.39 is 5.54 Å². The third kappa shape index (κ3) is 3.85. The topological polar surface area (TPSA) is 27.0 Å². The van der Waals surface area contributed by atoms with Crippen LogP contribution < -0.4 is 0 Å². The van der Waals surface area contributed by atoms with Crippen molar-refractivity contribution >= 4 is 0 Å². The Hall–Kier alpha value is -1.33. The van der Waals surface area contributed by atoms with Crippen LogP contribution in [0.15, 0.2) is 24.3 Å². The Balaban J connectivity index is 2.57. The van der Waals surface area contributed by atoms with E-state index in [-0.39, 0.29) is 0 Å². The molecule has 2 nitrogen and oxygen atoms in total. The molecule has 0 aliphatic heterocycles. The van der Waals surface area contributed by atoms with Crippen molar-refractivity contribution in [2.24, 2.45) is 0 Å². The second-order valence-electron chi connectivity index (χ2n) is 5.74. The van der Waals surface area contributed by atoms with Gasteiger partial charge in [0.15, 0.2) is 0 Å². The van der Waals surface area contributed by atoms with E-state index in [1.54, 1.807) is 0 Å². The van der Waals surface area contributed by atoms with Crippen LogP contribution in [0.3, 0.4) is 0 Å². The van der Waals surface area contributed by atoms with Gasteiger partial charge in [-0.3, -0.25) is 4.90 Å². The zero-order valence-electron chi connectivity index (χ0n) is 12.2. The molecule has 0 spiro atoms. The predicted molar refractivity (Wildman–Crippen MR) is 76.6 cm³/mol. The van der Waals surface area contributed by atoms with Crippen molar-refractivity contribution in [3.8, 4) is 6.07 Å². The molecule has 0 unspecified atom stereocenters. The van der Waals surface area contributed by atoms with Gasteiger partial charge in [0.1, 0.15) is 5.54 Å². The number of nitriles is 1. The molecule has 0 radical (unpaired) electrons. The number of hydrogen-bond donors (Lipinski definition) is 0. The fourth-order valence-electron chi connectivity index (χ4n) is 1.73. The van der Waals surface area contributed by atoms with Gasteiger partial charge in [0, 0.05) is 6.54 Å². The molecule has 18 heavy (non-hydrogen) atoms. The maximum atomic E-state index is 9.07. The molecule has 2 heteroatoms. The lowest BCUT2D eigenvalue weighted by molar-refractivity contribution is 0.214.